The molecule has 1 aromatic heterocycles. The number of rotatable bonds is 6. The molecule has 268 valence electrons. The summed E-state index contributed by atoms with van der Waals surface area (Å²) in [6, 6.07) is 12.3. The van der Waals surface area contributed by atoms with Gasteiger partial charge >= 0.3 is 0 Å². The minimum atomic E-state index is -0.997. The Balaban J connectivity index is 1.58. The number of carbonyl (C=O) groups is 5. The van der Waals surface area contributed by atoms with Crippen molar-refractivity contribution in [2.24, 2.45) is 5.92 Å². The lowest BCUT2D eigenvalue weighted by Crippen LogP contribution is -2.54. The third kappa shape index (κ3) is 10.4. The van der Waals surface area contributed by atoms with E-state index in [9.17, 15) is 24.0 Å². The summed E-state index contributed by atoms with van der Waals surface area (Å²) in [6.45, 7) is 10.5. The Morgan fingerprint density at radius 3 is 2.36 bits per heavy atom. The van der Waals surface area contributed by atoms with Crippen molar-refractivity contribution >= 4 is 29.5 Å². The second-order valence-electron chi connectivity index (χ2n) is 13.0. The lowest BCUT2D eigenvalue weighted by Gasteiger charge is -2.25. The molecule has 4 rings (SSSR count). The van der Waals surface area contributed by atoms with Gasteiger partial charge in [0.2, 0.25) is 23.6 Å². The van der Waals surface area contributed by atoms with E-state index in [0.29, 0.717) is 30.2 Å². The van der Waals surface area contributed by atoms with E-state index in [2.05, 4.69) is 31.3 Å². The minimum absolute atomic E-state index is 0.0512. The third-order valence-electron chi connectivity index (χ3n) is 8.40. The maximum Gasteiger partial charge on any atom is 0.260 e. The Labute approximate surface area is 292 Å². The number of benzene rings is 2. The van der Waals surface area contributed by atoms with E-state index < -0.39 is 41.8 Å². The van der Waals surface area contributed by atoms with E-state index in [0.717, 1.165) is 16.7 Å². The number of aryl methyl sites for hydroxylation is 1. The zero-order valence-electron chi connectivity index (χ0n) is 29.6. The van der Waals surface area contributed by atoms with E-state index in [4.69, 9.17) is 4.74 Å². The summed E-state index contributed by atoms with van der Waals surface area (Å²) in [5.74, 6) is -0.962. The number of ether oxygens (including phenoxy) is 1. The van der Waals surface area contributed by atoms with Crippen LogP contribution in [0.4, 0.5) is 0 Å². The topological polar surface area (TPSA) is 177 Å². The Morgan fingerprint density at radius 1 is 0.900 bits per heavy atom. The molecule has 0 fully saturated rings. The fourth-order valence-corrected chi connectivity index (χ4v) is 5.50. The van der Waals surface area contributed by atoms with Crippen molar-refractivity contribution in [1.82, 2.24) is 40.9 Å². The second-order valence-corrected chi connectivity index (χ2v) is 13.0. The predicted octanol–water partition coefficient (Wildman–Crippen LogP) is 2.20. The quantitative estimate of drug-likeness (QED) is 0.305. The van der Waals surface area contributed by atoms with Gasteiger partial charge in [-0.05, 0) is 63.6 Å². The summed E-state index contributed by atoms with van der Waals surface area (Å²) in [6.07, 6.45) is 0.672. The molecule has 1 aliphatic rings. The van der Waals surface area contributed by atoms with Crippen LogP contribution < -0.4 is 26.0 Å². The fraction of sp³-hybridized carbons (Fsp3) is 0.472. The van der Waals surface area contributed by atoms with Crippen LogP contribution in [0.1, 0.15) is 63.5 Å². The average molecular weight is 689 g/mol. The number of aromatic nitrogens is 3. The first-order valence-electron chi connectivity index (χ1n) is 17.0. The Kier molecular flexibility index (Phi) is 13.1. The van der Waals surface area contributed by atoms with Gasteiger partial charge in [0.15, 0.2) is 12.4 Å². The number of hydrogen-bond donors (Lipinski definition) is 4. The van der Waals surface area contributed by atoms with Crippen LogP contribution in [0.2, 0.25) is 0 Å². The molecule has 2 heterocycles. The first-order valence-corrected chi connectivity index (χ1v) is 17.0. The van der Waals surface area contributed by atoms with Crippen molar-refractivity contribution < 1.29 is 28.7 Å². The van der Waals surface area contributed by atoms with Gasteiger partial charge in [-0.1, -0.05) is 56.3 Å². The summed E-state index contributed by atoms with van der Waals surface area (Å²) in [4.78, 5) is 72.5. The normalized spacial score (nSPS) is 20.0. The number of nitrogens with one attached hydrogen (secondary N) is 4. The highest BCUT2D eigenvalue weighted by Crippen LogP contribution is 2.21. The lowest BCUT2D eigenvalue weighted by molar-refractivity contribution is -0.138. The van der Waals surface area contributed by atoms with E-state index in [1.807, 2.05) is 70.2 Å². The molecule has 0 aliphatic carbocycles. The molecule has 1 aliphatic heterocycles. The lowest BCUT2D eigenvalue weighted by atomic mass is 10.0. The second kappa shape index (κ2) is 17.4. The molecule has 2 aromatic carbocycles. The fourth-order valence-electron chi connectivity index (χ4n) is 5.50. The zero-order valence-corrected chi connectivity index (χ0v) is 29.6. The molecule has 0 spiro atoms. The standard InChI is InChI=1S/C36H48N8O6/c1-22(2)18-28-36(49)39-25(5)34-41-33(27-13-8-7-9-14-27)42-44(34)20-30(45)37-16-11-17-43(19-31(46)38-26(6)35(48)40-28)32(47)21-50-29-15-10-12-23(3)24(29)4/h7-10,12-15,22,25-26,28H,11,16-21H2,1-6H3,(H,37,45)(H,38,46)(H,39,49)(H,40,48)/t25-,26+,28+/m0/s1. The maximum absolute atomic E-state index is 13.6. The Morgan fingerprint density at radius 2 is 1.64 bits per heavy atom. The van der Waals surface area contributed by atoms with Crippen molar-refractivity contribution in [3.05, 3.63) is 65.5 Å². The Hall–Kier alpha value is -5.27. The van der Waals surface area contributed by atoms with Crippen LogP contribution in [0.15, 0.2) is 48.5 Å². The largest absolute Gasteiger partial charge is 0.483 e. The molecule has 14 heteroatoms. The molecule has 14 nitrogen and oxygen atoms in total. The minimum Gasteiger partial charge on any atom is -0.483 e. The molecule has 0 bridgehead atoms. The van der Waals surface area contributed by atoms with Gasteiger partial charge in [0.25, 0.3) is 5.91 Å². The molecule has 50 heavy (non-hydrogen) atoms. The summed E-state index contributed by atoms with van der Waals surface area (Å²) >= 11 is 0. The third-order valence-corrected chi connectivity index (χ3v) is 8.40. The van der Waals surface area contributed by atoms with Crippen LogP contribution in [0.5, 0.6) is 5.75 Å². The summed E-state index contributed by atoms with van der Waals surface area (Å²) in [5, 5.41) is 15.8. The number of fused-ring (bicyclic) bond motifs is 1. The molecular formula is C36H48N8O6. The van der Waals surface area contributed by atoms with E-state index in [1.165, 1.54) is 16.5 Å². The summed E-state index contributed by atoms with van der Waals surface area (Å²) in [5.41, 5.74) is 2.66. The van der Waals surface area contributed by atoms with Crippen LogP contribution in [-0.4, -0.2) is 87.5 Å². The average Bonchev–Trinajstić information content (AvgIpc) is 3.49. The van der Waals surface area contributed by atoms with Gasteiger partial charge in [0, 0.05) is 18.7 Å². The highest BCUT2D eigenvalue weighted by molar-refractivity contribution is 5.93. The molecule has 0 unspecified atom stereocenters. The van der Waals surface area contributed by atoms with Crippen molar-refractivity contribution in [1.29, 1.82) is 0 Å². The number of nitrogens with zero attached hydrogens (tertiary/aromatic N) is 4. The van der Waals surface area contributed by atoms with Crippen molar-refractivity contribution in [3.8, 4) is 17.1 Å². The maximum atomic E-state index is 13.6. The number of carbonyl (C=O) groups excluding carboxylic acids is 5. The molecular weight excluding hydrogens is 640 g/mol. The SMILES string of the molecule is Cc1cccc(OCC(=O)N2CCCNC(=O)Cn3nc(-c4ccccc4)nc3[C@H](C)NC(=O)[C@@H](CC(C)C)NC(=O)[C@@H](C)NC(=O)C2)c1C. The van der Waals surface area contributed by atoms with Crippen LogP contribution in [-0.2, 0) is 30.5 Å². The zero-order chi connectivity index (χ0) is 36.4. The van der Waals surface area contributed by atoms with Gasteiger partial charge in [0.1, 0.15) is 30.2 Å². The van der Waals surface area contributed by atoms with E-state index in [-0.39, 0.29) is 44.6 Å². The predicted molar refractivity (Wildman–Crippen MR) is 187 cm³/mol. The summed E-state index contributed by atoms with van der Waals surface area (Å²) < 4.78 is 7.28. The monoisotopic (exact) mass is 688 g/mol. The van der Waals surface area contributed by atoms with Gasteiger partial charge in [-0.2, -0.15) is 5.10 Å². The Bertz CT molecular complexity index is 1670. The van der Waals surface area contributed by atoms with Gasteiger partial charge < -0.3 is 30.9 Å². The molecule has 0 radical (unpaired) electrons. The molecule has 0 saturated heterocycles. The highest BCUT2D eigenvalue weighted by atomic mass is 16.5. The smallest absolute Gasteiger partial charge is 0.260 e. The van der Waals surface area contributed by atoms with Gasteiger partial charge in [-0.25, -0.2) is 9.67 Å². The first-order chi connectivity index (χ1) is 23.8. The van der Waals surface area contributed by atoms with Gasteiger partial charge in [0.05, 0.1) is 12.6 Å². The van der Waals surface area contributed by atoms with Gasteiger partial charge in [-0.3, -0.25) is 24.0 Å². The van der Waals surface area contributed by atoms with E-state index >= 15 is 0 Å². The van der Waals surface area contributed by atoms with E-state index in [1.54, 1.807) is 13.0 Å². The molecule has 4 N–H and O–H groups in total. The molecule has 0 saturated carbocycles. The number of hydrogen-bond acceptors (Lipinski definition) is 8. The highest BCUT2D eigenvalue weighted by Gasteiger charge is 2.29. The van der Waals surface area contributed by atoms with Crippen molar-refractivity contribution in [2.45, 2.75) is 79.1 Å². The van der Waals surface area contributed by atoms with Crippen LogP contribution in [0, 0.1) is 19.8 Å². The molecule has 5 amide bonds. The van der Waals surface area contributed by atoms with Crippen molar-refractivity contribution in [2.75, 3.05) is 26.2 Å². The molecule has 3 atom stereocenters. The number of amides is 5. The summed E-state index contributed by atoms with van der Waals surface area (Å²) in [7, 11) is 0. The van der Waals surface area contributed by atoms with Crippen LogP contribution in [0.25, 0.3) is 11.4 Å². The van der Waals surface area contributed by atoms with Crippen LogP contribution in [0.3, 0.4) is 0 Å². The first kappa shape index (κ1) is 37.5. The van der Waals surface area contributed by atoms with Crippen molar-refractivity contribution in [3.63, 3.8) is 0 Å². The van der Waals surface area contributed by atoms with Gasteiger partial charge in [-0.15, -0.1) is 0 Å². The molecule has 3 aromatic rings. The van der Waals surface area contributed by atoms with Crippen LogP contribution >= 0.6 is 0 Å².